The van der Waals surface area contributed by atoms with Gasteiger partial charge in [0.1, 0.15) is 23.2 Å². The molecule has 0 saturated heterocycles. The molecular formula is C28H27F2NO3S. The van der Waals surface area contributed by atoms with Gasteiger partial charge in [0.25, 0.3) is 0 Å². The zero-order valence-electron chi connectivity index (χ0n) is 20.0. The molecule has 2 aliphatic heterocycles. The van der Waals surface area contributed by atoms with Crippen molar-refractivity contribution in [2.45, 2.75) is 39.0 Å². The van der Waals surface area contributed by atoms with E-state index in [-0.39, 0.29) is 11.3 Å². The van der Waals surface area contributed by atoms with Crippen molar-refractivity contribution in [1.82, 2.24) is 0 Å². The second kappa shape index (κ2) is 9.11. The number of thioether (sulfide) groups is 1. The molecule has 1 unspecified atom stereocenters. The molecule has 1 N–H and O–H groups in total. The fourth-order valence-electron chi connectivity index (χ4n) is 5.06. The van der Waals surface area contributed by atoms with Crippen LogP contribution < -0.4 is 19.5 Å². The van der Waals surface area contributed by atoms with Crippen molar-refractivity contribution in [3.05, 3.63) is 77.4 Å². The third-order valence-corrected chi connectivity index (χ3v) is 6.54. The van der Waals surface area contributed by atoms with Crippen molar-refractivity contribution in [3.63, 3.8) is 0 Å². The molecule has 3 aromatic carbocycles. The molecule has 2 heterocycles. The Bertz CT molecular complexity index is 1310. The van der Waals surface area contributed by atoms with Crippen LogP contribution in [0.3, 0.4) is 0 Å². The lowest BCUT2D eigenvalue weighted by Crippen LogP contribution is -2.32. The first-order chi connectivity index (χ1) is 16.8. The number of para-hydroxylation sites is 1. The molecule has 0 fully saturated rings. The number of rotatable bonds is 6. The van der Waals surface area contributed by atoms with Gasteiger partial charge in [-0.15, -0.1) is 11.8 Å². The van der Waals surface area contributed by atoms with E-state index in [2.05, 4.69) is 32.2 Å². The van der Waals surface area contributed by atoms with Crippen LogP contribution in [0.15, 0.2) is 60.7 Å². The summed E-state index contributed by atoms with van der Waals surface area (Å²) in [7, 11) is 0. The minimum Gasteiger partial charge on any atom is -0.483 e. The summed E-state index contributed by atoms with van der Waals surface area (Å²) < 4.78 is 44.2. The van der Waals surface area contributed by atoms with Gasteiger partial charge in [-0.1, -0.05) is 36.4 Å². The highest BCUT2D eigenvalue weighted by Gasteiger charge is 2.37. The SMILES string of the molecule is CSCOc1ccccc1C1Oc2cccc(OC(F)F)c2-c2ccc3c(c21)C(C)=CC(C)(C)N3. The van der Waals surface area contributed by atoms with E-state index >= 15 is 0 Å². The minimum atomic E-state index is -2.94. The van der Waals surface area contributed by atoms with Crippen molar-refractivity contribution >= 4 is 23.0 Å². The third-order valence-electron chi connectivity index (χ3n) is 6.19. The van der Waals surface area contributed by atoms with E-state index in [4.69, 9.17) is 14.2 Å². The summed E-state index contributed by atoms with van der Waals surface area (Å²) in [6.45, 7) is 3.36. The first-order valence-corrected chi connectivity index (χ1v) is 12.8. The van der Waals surface area contributed by atoms with Gasteiger partial charge in [0.2, 0.25) is 0 Å². The Morgan fingerprint density at radius 3 is 2.57 bits per heavy atom. The van der Waals surface area contributed by atoms with Gasteiger partial charge in [0.15, 0.2) is 6.10 Å². The molecule has 35 heavy (non-hydrogen) atoms. The number of alkyl halides is 2. The van der Waals surface area contributed by atoms with Gasteiger partial charge in [0, 0.05) is 22.4 Å². The summed E-state index contributed by atoms with van der Waals surface area (Å²) in [6, 6.07) is 16.8. The molecule has 0 aromatic heterocycles. The van der Waals surface area contributed by atoms with E-state index in [0.717, 1.165) is 39.3 Å². The second-order valence-corrected chi connectivity index (χ2v) is 10.0. The van der Waals surface area contributed by atoms with Gasteiger partial charge in [-0.2, -0.15) is 8.78 Å². The summed E-state index contributed by atoms with van der Waals surface area (Å²) in [4.78, 5) is 0. The van der Waals surface area contributed by atoms with Crippen LogP contribution in [0, 0.1) is 0 Å². The molecule has 182 valence electrons. The van der Waals surface area contributed by atoms with Crippen LogP contribution in [0.4, 0.5) is 14.5 Å². The van der Waals surface area contributed by atoms with E-state index in [1.54, 1.807) is 30.0 Å². The lowest BCUT2D eigenvalue weighted by Gasteiger charge is -2.37. The average molecular weight is 496 g/mol. The first-order valence-electron chi connectivity index (χ1n) is 11.4. The largest absolute Gasteiger partial charge is 0.483 e. The van der Waals surface area contributed by atoms with Crippen LogP contribution in [0.5, 0.6) is 17.2 Å². The Morgan fingerprint density at radius 1 is 1.03 bits per heavy atom. The maximum Gasteiger partial charge on any atom is 0.387 e. The number of hydrogen-bond acceptors (Lipinski definition) is 5. The molecule has 0 saturated carbocycles. The summed E-state index contributed by atoms with van der Waals surface area (Å²) >= 11 is 1.59. The van der Waals surface area contributed by atoms with Crippen LogP contribution in [0.2, 0.25) is 0 Å². The number of anilines is 1. The van der Waals surface area contributed by atoms with Gasteiger partial charge < -0.3 is 19.5 Å². The first kappa shape index (κ1) is 23.5. The van der Waals surface area contributed by atoms with Crippen LogP contribution in [-0.4, -0.2) is 24.3 Å². The van der Waals surface area contributed by atoms with Crippen molar-refractivity contribution in [1.29, 1.82) is 0 Å². The molecule has 0 radical (unpaired) electrons. The normalized spacial score (nSPS) is 17.3. The smallest absolute Gasteiger partial charge is 0.387 e. The van der Waals surface area contributed by atoms with Crippen LogP contribution in [0.25, 0.3) is 16.7 Å². The summed E-state index contributed by atoms with van der Waals surface area (Å²) in [6.07, 6.45) is 3.66. The second-order valence-electron chi connectivity index (χ2n) is 9.22. The number of fused-ring (bicyclic) bond motifs is 5. The molecular weight excluding hydrogens is 468 g/mol. The molecule has 5 rings (SSSR count). The van der Waals surface area contributed by atoms with Crippen molar-refractivity contribution < 1.29 is 23.0 Å². The van der Waals surface area contributed by atoms with Gasteiger partial charge in [0.05, 0.1) is 11.1 Å². The molecule has 2 aliphatic rings. The zero-order valence-corrected chi connectivity index (χ0v) is 20.8. The Labute approximate surface area is 208 Å². The molecule has 3 aromatic rings. The lowest BCUT2D eigenvalue weighted by atomic mass is 9.80. The van der Waals surface area contributed by atoms with Gasteiger partial charge in [-0.25, -0.2) is 0 Å². The quantitative estimate of drug-likeness (QED) is 0.354. The van der Waals surface area contributed by atoms with Gasteiger partial charge >= 0.3 is 6.61 Å². The number of benzene rings is 3. The molecule has 0 amide bonds. The number of nitrogens with one attached hydrogen (secondary N) is 1. The van der Waals surface area contributed by atoms with Crippen LogP contribution in [-0.2, 0) is 0 Å². The molecule has 7 heteroatoms. The molecule has 0 aliphatic carbocycles. The monoisotopic (exact) mass is 495 g/mol. The molecule has 4 nitrogen and oxygen atoms in total. The number of allylic oxidation sites excluding steroid dienone is 1. The summed E-state index contributed by atoms with van der Waals surface area (Å²) in [5, 5.41) is 3.59. The maximum atomic E-state index is 13.3. The Hall–Kier alpha value is -3.19. The maximum absolute atomic E-state index is 13.3. The highest BCUT2D eigenvalue weighted by atomic mass is 32.2. The number of ether oxygens (including phenoxy) is 3. The highest BCUT2D eigenvalue weighted by molar-refractivity contribution is 7.98. The molecule has 0 bridgehead atoms. The summed E-state index contributed by atoms with van der Waals surface area (Å²) in [5.41, 5.74) is 5.95. The van der Waals surface area contributed by atoms with E-state index in [0.29, 0.717) is 17.3 Å². The van der Waals surface area contributed by atoms with Gasteiger partial charge in [-0.3, -0.25) is 0 Å². The fraction of sp³-hybridized carbons (Fsp3) is 0.286. The predicted molar refractivity (Wildman–Crippen MR) is 138 cm³/mol. The highest BCUT2D eigenvalue weighted by Crippen LogP contribution is 2.54. The fourth-order valence-corrected chi connectivity index (χ4v) is 5.31. The standard InChI is InChI=1S/C28H27F2NO3S/c1-16-14-28(2,3)31-19-13-12-18-24-21(10-7-11-22(24)34-27(29)30)33-26(25(18)23(16)19)17-8-5-6-9-20(17)32-15-35-4/h5-14,26-27,31H,15H2,1-4H3. The third kappa shape index (κ3) is 4.33. The minimum absolute atomic E-state index is 0.0924. The van der Waals surface area contributed by atoms with Crippen molar-refractivity contribution in [2.75, 3.05) is 17.5 Å². The zero-order chi connectivity index (χ0) is 24.7. The predicted octanol–water partition coefficient (Wildman–Crippen LogP) is 7.74. The molecule has 1 atom stereocenters. The number of hydrogen-bond donors (Lipinski definition) is 1. The van der Waals surface area contributed by atoms with Crippen LogP contribution in [0.1, 0.15) is 43.6 Å². The van der Waals surface area contributed by atoms with E-state index in [1.165, 1.54) is 0 Å². The van der Waals surface area contributed by atoms with E-state index in [1.807, 2.05) is 42.7 Å². The number of halogens is 2. The topological polar surface area (TPSA) is 39.7 Å². The van der Waals surface area contributed by atoms with Gasteiger partial charge in [-0.05, 0) is 62.4 Å². The Morgan fingerprint density at radius 2 is 1.80 bits per heavy atom. The summed E-state index contributed by atoms with van der Waals surface area (Å²) in [5.74, 6) is 1.81. The Balaban J connectivity index is 1.78. The van der Waals surface area contributed by atoms with E-state index < -0.39 is 12.7 Å². The molecule has 0 spiro atoms. The van der Waals surface area contributed by atoms with Crippen molar-refractivity contribution in [2.24, 2.45) is 0 Å². The average Bonchev–Trinajstić information content (AvgIpc) is 2.81. The van der Waals surface area contributed by atoms with Crippen LogP contribution >= 0.6 is 11.8 Å². The van der Waals surface area contributed by atoms with E-state index in [9.17, 15) is 8.78 Å². The van der Waals surface area contributed by atoms with Crippen molar-refractivity contribution in [3.8, 4) is 28.4 Å². The Kier molecular flexibility index (Phi) is 6.13. The lowest BCUT2D eigenvalue weighted by molar-refractivity contribution is -0.0496.